The van der Waals surface area contributed by atoms with E-state index in [4.69, 9.17) is 0 Å². The molecule has 1 fully saturated rings. The lowest BCUT2D eigenvalue weighted by molar-refractivity contribution is 0.781. The molecular formula is C13H22N4S. The second-order valence-electron chi connectivity index (χ2n) is 5.05. The highest BCUT2D eigenvalue weighted by atomic mass is 32.1. The van der Waals surface area contributed by atoms with E-state index in [9.17, 15) is 0 Å². The Balaban J connectivity index is 1.90. The topological polar surface area (TPSA) is 49.3 Å². The van der Waals surface area contributed by atoms with Crippen LogP contribution in [-0.2, 0) is 6.54 Å². The van der Waals surface area contributed by atoms with Crippen molar-refractivity contribution in [2.45, 2.75) is 52.1 Å². The number of rotatable bonds is 4. The number of nitrogens with zero attached hydrogens (tertiary/aromatic N) is 2. The summed E-state index contributed by atoms with van der Waals surface area (Å²) in [6.07, 6.45) is 2.52. The van der Waals surface area contributed by atoms with Crippen molar-refractivity contribution < 1.29 is 0 Å². The fraction of sp³-hybridized carbons (Fsp3) is 0.692. The van der Waals surface area contributed by atoms with Gasteiger partial charge in [0.2, 0.25) is 0 Å². The highest BCUT2D eigenvalue weighted by Gasteiger charge is 2.22. The summed E-state index contributed by atoms with van der Waals surface area (Å²) in [6.45, 7) is 7.28. The molecule has 4 nitrogen and oxygen atoms in total. The summed E-state index contributed by atoms with van der Waals surface area (Å²) in [6, 6.07) is 0.625. The Kier molecular flexibility index (Phi) is 4.22. The van der Waals surface area contributed by atoms with Gasteiger partial charge in [-0.05, 0) is 25.7 Å². The number of aliphatic imine (C=N–C) groups is 1. The van der Waals surface area contributed by atoms with Crippen LogP contribution in [0.1, 0.15) is 48.2 Å². The minimum Gasteiger partial charge on any atom is -0.354 e. The molecule has 1 aromatic heterocycles. The first kappa shape index (κ1) is 13.3. The fourth-order valence-corrected chi connectivity index (χ4v) is 2.88. The highest BCUT2D eigenvalue weighted by molar-refractivity contribution is 7.11. The standard InChI is InChI=1S/C13H22N4S/c1-8(2)12-9(3)18-11(17-12)7-15-13(14-4)16-10-5-6-10/h8,10H,5-7H2,1-4H3,(H2,14,15,16). The van der Waals surface area contributed by atoms with Gasteiger partial charge in [0.15, 0.2) is 5.96 Å². The maximum atomic E-state index is 4.68. The number of thiazole rings is 1. The number of aryl methyl sites for hydroxylation is 1. The van der Waals surface area contributed by atoms with Crippen molar-refractivity contribution in [3.05, 3.63) is 15.6 Å². The van der Waals surface area contributed by atoms with Crippen molar-refractivity contribution in [3.8, 4) is 0 Å². The molecule has 2 rings (SSSR count). The van der Waals surface area contributed by atoms with E-state index >= 15 is 0 Å². The Morgan fingerprint density at radius 2 is 2.22 bits per heavy atom. The van der Waals surface area contributed by atoms with Gasteiger partial charge in [0.05, 0.1) is 12.2 Å². The van der Waals surface area contributed by atoms with Gasteiger partial charge in [-0.2, -0.15) is 0 Å². The van der Waals surface area contributed by atoms with Crippen LogP contribution in [0.25, 0.3) is 0 Å². The maximum Gasteiger partial charge on any atom is 0.191 e. The molecule has 0 unspecified atom stereocenters. The summed E-state index contributed by atoms with van der Waals surface area (Å²) in [5, 5.41) is 7.83. The van der Waals surface area contributed by atoms with Crippen molar-refractivity contribution >= 4 is 17.3 Å². The molecule has 1 aliphatic rings. The molecule has 0 amide bonds. The van der Waals surface area contributed by atoms with Crippen LogP contribution in [0.4, 0.5) is 0 Å². The smallest absolute Gasteiger partial charge is 0.191 e. The minimum absolute atomic E-state index is 0.499. The third-order valence-electron chi connectivity index (χ3n) is 2.97. The summed E-state index contributed by atoms with van der Waals surface area (Å²) in [5.74, 6) is 1.38. The van der Waals surface area contributed by atoms with Gasteiger partial charge in [-0.15, -0.1) is 11.3 Å². The number of aromatic nitrogens is 1. The molecule has 0 aliphatic heterocycles. The lowest BCUT2D eigenvalue weighted by Gasteiger charge is -2.09. The van der Waals surface area contributed by atoms with Gasteiger partial charge in [-0.3, -0.25) is 4.99 Å². The lowest BCUT2D eigenvalue weighted by Crippen LogP contribution is -2.38. The normalized spacial score (nSPS) is 16.2. The molecule has 0 spiro atoms. The average molecular weight is 266 g/mol. The summed E-state index contributed by atoms with van der Waals surface area (Å²) in [4.78, 5) is 10.2. The van der Waals surface area contributed by atoms with E-state index in [1.165, 1.54) is 23.4 Å². The van der Waals surface area contributed by atoms with Crippen molar-refractivity contribution in [1.82, 2.24) is 15.6 Å². The summed E-state index contributed by atoms with van der Waals surface area (Å²) < 4.78 is 0. The first-order valence-corrected chi connectivity index (χ1v) is 7.35. The zero-order valence-electron chi connectivity index (χ0n) is 11.6. The van der Waals surface area contributed by atoms with E-state index in [1.54, 1.807) is 11.3 Å². The molecule has 1 saturated carbocycles. The van der Waals surface area contributed by atoms with Gasteiger partial charge in [0, 0.05) is 18.0 Å². The second kappa shape index (κ2) is 5.69. The van der Waals surface area contributed by atoms with E-state index in [0.29, 0.717) is 12.0 Å². The van der Waals surface area contributed by atoms with Gasteiger partial charge >= 0.3 is 0 Å². The molecule has 18 heavy (non-hydrogen) atoms. The molecular weight excluding hydrogens is 244 g/mol. The SMILES string of the molecule is CN=C(NCc1nc(C(C)C)c(C)s1)NC1CC1. The Bertz CT molecular complexity index is 432. The van der Waals surface area contributed by atoms with Gasteiger partial charge < -0.3 is 10.6 Å². The van der Waals surface area contributed by atoms with Gasteiger partial charge in [-0.25, -0.2) is 4.98 Å². The average Bonchev–Trinajstić information content (AvgIpc) is 3.06. The zero-order valence-corrected chi connectivity index (χ0v) is 12.4. The van der Waals surface area contributed by atoms with Gasteiger partial charge in [0.25, 0.3) is 0 Å². The van der Waals surface area contributed by atoms with Crippen LogP contribution < -0.4 is 10.6 Å². The van der Waals surface area contributed by atoms with Crippen LogP contribution in [0.15, 0.2) is 4.99 Å². The second-order valence-corrected chi connectivity index (χ2v) is 6.34. The Morgan fingerprint density at radius 3 is 2.72 bits per heavy atom. The Hall–Kier alpha value is -1.10. The molecule has 0 radical (unpaired) electrons. The Labute approximate surface area is 113 Å². The van der Waals surface area contributed by atoms with Crippen LogP contribution in [0.2, 0.25) is 0 Å². The molecule has 1 aliphatic carbocycles. The maximum absolute atomic E-state index is 4.68. The third kappa shape index (κ3) is 3.45. The summed E-state index contributed by atoms with van der Waals surface area (Å²) >= 11 is 1.77. The monoisotopic (exact) mass is 266 g/mol. The van der Waals surface area contributed by atoms with Crippen molar-refractivity contribution in [2.24, 2.45) is 4.99 Å². The molecule has 2 N–H and O–H groups in total. The molecule has 0 atom stereocenters. The van der Waals surface area contributed by atoms with E-state index < -0.39 is 0 Å². The third-order valence-corrected chi connectivity index (χ3v) is 3.96. The lowest BCUT2D eigenvalue weighted by atomic mass is 10.1. The van der Waals surface area contributed by atoms with Crippen LogP contribution in [0.3, 0.4) is 0 Å². The predicted octanol–water partition coefficient (Wildman–Crippen LogP) is 2.40. The molecule has 5 heteroatoms. The van der Waals surface area contributed by atoms with E-state index in [1.807, 2.05) is 7.05 Å². The van der Waals surface area contributed by atoms with Crippen molar-refractivity contribution in [1.29, 1.82) is 0 Å². The van der Waals surface area contributed by atoms with Crippen LogP contribution in [0, 0.1) is 6.92 Å². The zero-order chi connectivity index (χ0) is 13.1. The molecule has 0 bridgehead atoms. The molecule has 1 heterocycles. The van der Waals surface area contributed by atoms with Crippen LogP contribution in [-0.4, -0.2) is 24.0 Å². The largest absolute Gasteiger partial charge is 0.354 e. The van der Waals surface area contributed by atoms with E-state index in [0.717, 1.165) is 17.5 Å². The summed E-state index contributed by atoms with van der Waals surface area (Å²) in [7, 11) is 1.81. The number of guanidine groups is 1. The number of nitrogens with one attached hydrogen (secondary N) is 2. The predicted molar refractivity (Wildman–Crippen MR) is 77.3 cm³/mol. The number of hydrogen-bond donors (Lipinski definition) is 2. The van der Waals surface area contributed by atoms with Crippen LogP contribution in [0.5, 0.6) is 0 Å². The first-order valence-electron chi connectivity index (χ1n) is 6.53. The molecule has 1 aromatic rings. The van der Waals surface area contributed by atoms with Crippen molar-refractivity contribution in [3.63, 3.8) is 0 Å². The summed E-state index contributed by atoms with van der Waals surface area (Å²) in [5.41, 5.74) is 1.22. The van der Waals surface area contributed by atoms with Gasteiger partial charge in [-0.1, -0.05) is 13.8 Å². The first-order chi connectivity index (χ1) is 8.60. The van der Waals surface area contributed by atoms with Gasteiger partial charge in [0.1, 0.15) is 5.01 Å². The van der Waals surface area contributed by atoms with Crippen molar-refractivity contribution in [2.75, 3.05) is 7.05 Å². The van der Waals surface area contributed by atoms with E-state index in [2.05, 4.69) is 41.4 Å². The molecule has 100 valence electrons. The highest BCUT2D eigenvalue weighted by Crippen LogP contribution is 2.24. The minimum atomic E-state index is 0.499. The molecule has 0 saturated heterocycles. The fourth-order valence-electron chi connectivity index (χ4n) is 1.85. The number of hydrogen-bond acceptors (Lipinski definition) is 3. The Morgan fingerprint density at radius 1 is 1.50 bits per heavy atom. The quantitative estimate of drug-likeness (QED) is 0.650. The van der Waals surface area contributed by atoms with E-state index in [-0.39, 0.29) is 0 Å². The molecule has 0 aromatic carbocycles. The van der Waals surface area contributed by atoms with Crippen LogP contribution >= 0.6 is 11.3 Å².